The van der Waals surface area contributed by atoms with Crippen LogP contribution < -0.4 is 5.32 Å². The first-order valence-corrected chi connectivity index (χ1v) is 7.76. The number of nitrogens with zero attached hydrogens (tertiary/aromatic N) is 4. The molecule has 1 fully saturated rings. The summed E-state index contributed by atoms with van der Waals surface area (Å²) in [6, 6.07) is 4.30. The highest BCUT2D eigenvalue weighted by molar-refractivity contribution is 6.05. The first kappa shape index (κ1) is 17.5. The molecule has 2 aromatic rings. The van der Waals surface area contributed by atoms with Crippen molar-refractivity contribution in [1.29, 1.82) is 0 Å². The quantitative estimate of drug-likeness (QED) is 0.788. The fourth-order valence-corrected chi connectivity index (χ4v) is 2.54. The van der Waals surface area contributed by atoms with Crippen LogP contribution in [0, 0.1) is 5.82 Å². The van der Waals surface area contributed by atoms with Gasteiger partial charge in [-0.05, 0) is 24.3 Å². The Balaban J connectivity index is 1.56. The Hall–Kier alpha value is -3.30. The Morgan fingerprint density at radius 3 is 2.58 bits per heavy atom. The van der Waals surface area contributed by atoms with Gasteiger partial charge in [0.15, 0.2) is 0 Å². The van der Waals surface area contributed by atoms with Crippen molar-refractivity contribution < 1.29 is 23.3 Å². The third kappa shape index (κ3) is 3.39. The highest BCUT2D eigenvalue weighted by atomic mass is 19.1. The van der Waals surface area contributed by atoms with Crippen molar-refractivity contribution in [1.82, 2.24) is 25.3 Å². The summed E-state index contributed by atoms with van der Waals surface area (Å²) < 4.78 is 18.0. The maximum atomic E-state index is 12.9. The lowest BCUT2D eigenvalue weighted by Crippen LogP contribution is -2.37. The molecule has 1 saturated heterocycles. The molecule has 10 heteroatoms. The Kier molecular flexibility index (Phi) is 4.65. The Bertz CT molecular complexity index is 851. The molecule has 1 aromatic heterocycles. The highest BCUT2D eigenvalue weighted by Gasteiger charge is 2.41. The molecule has 1 atom stereocenters. The predicted molar refractivity (Wildman–Crippen MR) is 85.9 cm³/mol. The van der Waals surface area contributed by atoms with E-state index in [1.54, 1.807) is 0 Å². The van der Waals surface area contributed by atoms with Gasteiger partial charge < -0.3 is 14.7 Å². The van der Waals surface area contributed by atoms with Crippen molar-refractivity contribution in [2.45, 2.75) is 19.0 Å². The molecule has 26 heavy (non-hydrogen) atoms. The number of carbonyl (C=O) groups is 3. The van der Waals surface area contributed by atoms with E-state index in [4.69, 9.17) is 4.52 Å². The van der Waals surface area contributed by atoms with Crippen LogP contribution in [0.1, 0.15) is 12.3 Å². The number of halogens is 1. The number of nitrogens with one attached hydrogen (secondary N) is 1. The number of rotatable bonds is 5. The van der Waals surface area contributed by atoms with E-state index in [0.717, 1.165) is 4.90 Å². The van der Waals surface area contributed by atoms with Gasteiger partial charge in [-0.15, -0.1) is 0 Å². The molecular formula is C16H16FN5O4. The van der Waals surface area contributed by atoms with Crippen molar-refractivity contribution in [3.63, 3.8) is 0 Å². The summed E-state index contributed by atoms with van der Waals surface area (Å²) in [4.78, 5) is 42.0. The second-order valence-corrected chi connectivity index (χ2v) is 5.81. The van der Waals surface area contributed by atoms with Crippen molar-refractivity contribution in [2.75, 3.05) is 14.1 Å². The summed E-state index contributed by atoms with van der Waals surface area (Å²) in [7, 11) is 2.84. The molecule has 0 spiro atoms. The van der Waals surface area contributed by atoms with Gasteiger partial charge >= 0.3 is 6.03 Å². The number of aromatic nitrogens is 2. The fourth-order valence-electron chi connectivity index (χ4n) is 2.54. The zero-order valence-corrected chi connectivity index (χ0v) is 14.1. The molecule has 1 aliphatic heterocycles. The van der Waals surface area contributed by atoms with Crippen LogP contribution in [0.3, 0.4) is 0 Å². The molecule has 0 aliphatic carbocycles. The molecule has 0 bridgehead atoms. The second-order valence-electron chi connectivity index (χ2n) is 5.81. The zero-order chi connectivity index (χ0) is 18.8. The summed E-state index contributed by atoms with van der Waals surface area (Å²) in [5.74, 6) is -0.798. The van der Waals surface area contributed by atoms with Crippen LogP contribution in [0.15, 0.2) is 28.8 Å². The van der Waals surface area contributed by atoms with Gasteiger partial charge in [-0.25, -0.2) is 9.18 Å². The zero-order valence-electron chi connectivity index (χ0n) is 14.1. The number of hydrogen-bond acceptors (Lipinski definition) is 6. The van der Waals surface area contributed by atoms with Gasteiger partial charge in [-0.3, -0.25) is 14.5 Å². The van der Waals surface area contributed by atoms with Crippen LogP contribution in [0.25, 0.3) is 11.4 Å². The van der Waals surface area contributed by atoms with Gasteiger partial charge in [0.1, 0.15) is 11.9 Å². The van der Waals surface area contributed by atoms with Crippen molar-refractivity contribution in [3.8, 4) is 11.4 Å². The maximum absolute atomic E-state index is 12.9. The molecule has 9 nitrogen and oxygen atoms in total. The molecule has 0 saturated carbocycles. The summed E-state index contributed by atoms with van der Waals surface area (Å²) in [5.41, 5.74) is 0.576. The number of imide groups is 1. The summed E-state index contributed by atoms with van der Waals surface area (Å²) in [6.45, 7) is -0.0264. The average molecular weight is 361 g/mol. The van der Waals surface area contributed by atoms with Crippen LogP contribution in [0.4, 0.5) is 9.18 Å². The molecule has 136 valence electrons. The minimum Gasteiger partial charge on any atom is -0.347 e. The largest absolute Gasteiger partial charge is 0.347 e. The molecule has 4 amide bonds. The topological polar surface area (TPSA) is 109 Å². The van der Waals surface area contributed by atoms with Gasteiger partial charge in [0.05, 0.1) is 13.0 Å². The predicted octanol–water partition coefficient (Wildman–Crippen LogP) is 0.774. The van der Waals surface area contributed by atoms with Gasteiger partial charge in [0, 0.05) is 19.7 Å². The third-order valence-electron chi connectivity index (χ3n) is 4.06. The van der Waals surface area contributed by atoms with Crippen LogP contribution in [-0.4, -0.2) is 57.9 Å². The lowest BCUT2D eigenvalue weighted by molar-refractivity contribution is -0.131. The number of carbonyl (C=O) groups excluding carboxylic acids is 3. The lowest BCUT2D eigenvalue weighted by Gasteiger charge is -2.15. The SMILES string of the molecule is CN1C(=O)[C@H](CC(=O)NCc2nc(-c3ccc(F)cc3)no2)N(C)C1=O. The third-order valence-corrected chi connectivity index (χ3v) is 4.06. The molecule has 3 rings (SSSR count). The summed E-state index contributed by atoms with van der Waals surface area (Å²) in [5, 5.41) is 6.33. The van der Waals surface area contributed by atoms with E-state index in [9.17, 15) is 18.8 Å². The maximum Gasteiger partial charge on any atom is 0.326 e. The van der Waals surface area contributed by atoms with Crippen molar-refractivity contribution in [3.05, 3.63) is 36.0 Å². The van der Waals surface area contributed by atoms with Crippen molar-refractivity contribution in [2.24, 2.45) is 0 Å². The highest BCUT2D eigenvalue weighted by Crippen LogP contribution is 2.17. The molecule has 1 aromatic carbocycles. The second kappa shape index (κ2) is 6.90. The van der Waals surface area contributed by atoms with Crippen LogP contribution in [0.5, 0.6) is 0 Å². The molecule has 0 unspecified atom stereocenters. The Morgan fingerprint density at radius 2 is 1.96 bits per heavy atom. The molecule has 1 N–H and O–H groups in total. The first-order valence-electron chi connectivity index (χ1n) is 7.76. The van der Waals surface area contributed by atoms with E-state index >= 15 is 0 Å². The fraction of sp³-hybridized carbons (Fsp3) is 0.312. The Labute approximate surface area is 147 Å². The van der Waals surface area contributed by atoms with Crippen LogP contribution in [0.2, 0.25) is 0 Å². The molecule has 2 heterocycles. The standard InChI is InChI=1S/C16H16FN5O4/c1-21-11(15(24)22(2)16(21)25)7-12(23)18-8-13-19-14(20-26-13)9-3-5-10(17)6-4-9/h3-6,11H,7-8H2,1-2H3,(H,18,23)/t11-/m0/s1. The minimum atomic E-state index is -0.829. The van der Waals surface area contributed by atoms with E-state index in [1.807, 2.05) is 0 Å². The number of urea groups is 1. The smallest absolute Gasteiger partial charge is 0.326 e. The average Bonchev–Trinajstić information content (AvgIpc) is 3.17. The van der Waals surface area contributed by atoms with Gasteiger partial charge in [0.25, 0.3) is 5.91 Å². The number of amides is 4. The number of hydrogen-bond donors (Lipinski definition) is 1. The monoisotopic (exact) mass is 361 g/mol. The van der Waals surface area contributed by atoms with Gasteiger partial charge in [-0.1, -0.05) is 5.16 Å². The van der Waals surface area contributed by atoms with Gasteiger partial charge in [-0.2, -0.15) is 4.98 Å². The summed E-state index contributed by atoms with van der Waals surface area (Å²) in [6.07, 6.45) is -0.162. The normalized spacial score (nSPS) is 17.1. The van der Waals surface area contributed by atoms with E-state index in [1.165, 1.54) is 43.3 Å². The number of likely N-dealkylation sites (N-methyl/N-ethyl adjacent to an activating group) is 2. The Morgan fingerprint density at radius 1 is 1.27 bits per heavy atom. The molecule has 0 radical (unpaired) electrons. The van der Waals surface area contributed by atoms with Gasteiger partial charge in [0.2, 0.25) is 17.6 Å². The first-order chi connectivity index (χ1) is 12.4. The minimum absolute atomic E-state index is 0.0264. The molecule has 1 aliphatic rings. The van der Waals surface area contributed by atoms with E-state index in [-0.39, 0.29) is 30.5 Å². The van der Waals surface area contributed by atoms with E-state index < -0.39 is 23.9 Å². The van der Waals surface area contributed by atoms with Crippen molar-refractivity contribution >= 4 is 17.8 Å². The number of benzene rings is 1. The molecular weight excluding hydrogens is 345 g/mol. The van der Waals surface area contributed by atoms with E-state index in [0.29, 0.717) is 5.56 Å². The van der Waals surface area contributed by atoms with Crippen LogP contribution in [-0.2, 0) is 16.1 Å². The summed E-state index contributed by atoms with van der Waals surface area (Å²) >= 11 is 0. The van der Waals surface area contributed by atoms with Crippen LogP contribution >= 0.6 is 0 Å². The lowest BCUT2D eigenvalue weighted by atomic mass is 10.2. The van der Waals surface area contributed by atoms with E-state index in [2.05, 4.69) is 15.5 Å².